The lowest BCUT2D eigenvalue weighted by molar-refractivity contribution is -0.151. The molecule has 20 heavy (non-hydrogen) atoms. The molecule has 0 radical (unpaired) electrons. The molecule has 0 aromatic heterocycles. The number of hydrogen-bond acceptors (Lipinski definition) is 3. The fourth-order valence-electron chi connectivity index (χ4n) is 3.14. The van der Waals surface area contributed by atoms with Crippen molar-refractivity contribution in [1.82, 2.24) is 10.2 Å². The second-order valence-corrected chi connectivity index (χ2v) is 5.83. The molecule has 1 aliphatic carbocycles. The number of rotatable bonds is 5. The number of aliphatic carboxylic acids is 1. The van der Waals surface area contributed by atoms with Crippen LogP contribution in [0.3, 0.4) is 0 Å². The van der Waals surface area contributed by atoms with E-state index in [2.05, 4.69) is 5.32 Å². The van der Waals surface area contributed by atoms with E-state index in [4.69, 9.17) is 0 Å². The molecule has 2 amide bonds. The van der Waals surface area contributed by atoms with Crippen molar-refractivity contribution in [2.45, 2.75) is 44.9 Å². The van der Waals surface area contributed by atoms with Gasteiger partial charge in [-0.1, -0.05) is 12.8 Å². The minimum atomic E-state index is -0.916. The maximum atomic E-state index is 11.9. The minimum Gasteiger partial charge on any atom is -0.481 e. The predicted molar refractivity (Wildman–Crippen MR) is 72.0 cm³/mol. The molecule has 0 bridgehead atoms. The standard InChI is InChI=1S/C14H22N2O4/c17-11(9-14(13(19)20)5-1-2-6-14)15-10-12(18)16-7-3-4-8-16/h1-10H2,(H,15,17)(H,19,20). The van der Waals surface area contributed by atoms with E-state index in [1.807, 2.05) is 0 Å². The first-order valence-electron chi connectivity index (χ1n) is 7.31. The fraction of sp³-hybridized carbons (Fsp3) is 0.786. The molecule has 2 aliphatic rings. The highest BCUT2D eigenvalue weighted by molar-refractivity contribution is 5.88. The molecular weight excluding hydrogens is 260 g/mol. The lowest BCUT2D eigenvalue weighted by Crippen LogP contribution is -2.41. The van der Waals surface area contributed by atoms with Crippen molar-refractivity contribution in [3.05, 3.63) is 0 Å². The van der Waals surface area contributed by atoms with Crippen molar-refractivity contribution in [1.29, 1.82) is 0 Å². The maximum Gasteiger partial charge on any atom is 0.310 e. The van der Waals surface area contributed by atoms with Crippen LogP contribution in [0.2, 0.25) is 0 Å². The summed E-state index contributed by atoms with van der Waals surface area (Å²) in [7, 11) is 0. The van der Waals surface area contributed by atoms with E-state index in [9.17, 15) is 19.5 Å². The Hall–Kier alpha value is -1.59. The quantitative estimate of drug-likeness (QED) is 0.779. The third-order valence-corrected chi connectivity index (χ3v) is 4.41. The Balaban J connectivity index is 1.79. The van der Waals surface area contributed by atoms with Gasteiger partial charge in [0.05, 0.1) is 12.0 Å². The first-order chi connectivity index (χ1) is 9.53. The Kier molecular flexibility index (Phi) is 4.62. The number of carbonyl (C=O) groups is 3. The zero-order valence-corrected chi connectivity index (χ0v) is 11.7. The third kappa shape index (κ3) is 3.29. The second-order valence-electron chi connectivity index (χ2n) is 5.83. The Bertz CT molecular complexity index is 396. The summed E-state index contributed by atoms with van der Waals surface area (Å²) >= 11 is 0. The molecule has 112 valence electrons. The van der Waals surface area contributed by atoms with Gasteiger partial charge in [-0.2, -0.15) is 0 Å². The van der Waals surface area contributed by atoms with Crippen molar-refractivity contribution in [3.8, 4) is 0 Å². The second kappa shape index (κ2) is 6.24. The highest BCUT2D eigenvalue weighted by atomic mass is 16.4. The minimum absolute atomic E-state index is 0.0182. The number of carboxylic acids is 1. The van der Waals surface area contributed by atoms with E-state index < -0.39 is 11.4 Å². The van der Waals surface area contributed by atoms with Gasteiger partial charge in [-0.3, -0.25) is 14.4 Å². The summed E-state index contributed by atoms with van der Waals surface area (Å²) in [6, 6.07) is 0. The first-order valence-corrected chi connectivity index (χ1v) is 7.31. The van der Waals surface area contributed by atoms with Crippen LogP contribution in [0, 0.1) is 5.41 Å². The third-order valence-electron chi connectivity index (χ3n) is 4.41. The molecule has 0 aromatic rings. The summed E-state index contributed by atoms with van der Waals surface area (Å²) < 4.78 is 0. The predicted octanol–water partition coefficient (Wildman–Crippen LogP) is 0.760. The van der Waals surface area contributed by atoms with Crippen molar-refractivity contribution in [3.63, 3.8) is 0 Å². The molecule has 1 saturated heterocycles. The number of hydrogen-bond donors (Lipinski definition) is 2. The van der Waals surface area contributed by atoms with Crippen LogP contribution in [-0.4, -0.2) is 47.4 Å². The zero-order chi connectivity index (χ0) is 14.6. The van der Waals surface area contributed by atoms with Gasteiger partial charge in [-0.05, 0) is 25.7 Å². The molecule has 0 atom stereocenters. The van der Waals surface area contributed by atoms with Gasteiger partial charge < -0.3 is 15.3 Å². The highest BCUT2D eigenvalue weighted by Gasteiger charge is 2.42. The van der Waals surface area contributed by atoms with E-state index >= 15 is 0 Å². The van der Waals surface area contributed by atoms with Crippen molar-refractivity contribution in [2.24, 2.45) is 5.41 Å². The van der Waals surface area contributed by atoms with Crippen LogP contribution in [0.5, 0.6) is 0 Å². The number of amides is 2. The largest absolute Gasteiger partial charge is 0.481 e. The molecule has 0 spiro atoms. The number of nitrogens with one attached hydrogen (secondary N) is 1. The SMILES string of the molecule is O=C(CC1(C(=O)O)CCCC1)NCC(=O)N1CCCC1. The smallest absolute Gasteiger partial charge is 0.310 e. The average molecular weight is 282 g/mol. The molecule has 6 nitrogen and oxygen atoms in total. The van der Waals surface area contributed by atoms with Crippen molar-refractivity contribution >= 4 is 17.8 Å². The molecule has 1 saturated carbocycles. The van der Waals surface area contributed by atoms with Crippen LogP contribution in [0.4, 0.5) is 0 Å². The van der Waals surface area contributed by atoms with Crippen molar-refractivity contribution < 1.29 is 19.5 Å². The molecule has 0 aromatic carbocycles. The lowest BCUT2D eigenvalue weighted by Gasteiger charge is -2.23. The average Bonchev–Trinajstić information content (AvgIpc) is 3.07. The maximum absolute atomic E-state index is 11.9. The highest BCUT2D eigenvalue weighted by Crippen LogP contribution is 2.41. The van der Waals surface area contributed by atoms with Crippen LogP contribution < -0.4 is 5.32 Å². The molecule has 1 aliphatic heterocycles. The monoisotopic (exact) mass is 282 g/mol. The van der Waals surface area contributed by atoms with Gasteiger partial charge in [0, 0.05) is 19.5 Å². The van der Waals surface area contributed by atoms with Gasteiger partial charge in [0.25, 0.3) is 0 Å². The normalized spacial score (nSPS) is 20.9. The number of nitrogens with zero attached hydrogens (tertiary/aromatic N) is 1. The summed E-state index contributed by atoms with van der Waals surface area (Å²) in [6.45, 7) is 1.50. The van der Waals surface area contributed by atoms with E-state index in [1.165, 1.54) is 0 Å². The fourth-order valence-corrected chi connectivity index (χ4v) is 3.14. The van der Waals surface area contributed by atoms with Crippen LogP contribution >= 0.6 is 0 Å². The Labute approximate surface area is 118 Å². The molecule has 2 N–H and O–H groups in total. The number of carboxylic acid groups (broad SMARTS) is 1. The van der Waals surface area contributed by atoms with E-state index in [0.29, 0.717) is 12.8 Å². The summed E-state index contributed by atoms with van der Waals surface area (Å²) in [6.07, 6.45) is 4.82. The molecular formula is C14H22N2O4. The number of carbonyl (C=O) groups excluding carboxylic acids is 2. The lowest BCUT2D eigenvalue weighted by atomic mass is 9.82. The van der Waals surface area contributed by atoms with Crippen LogP contribution in [0.25, 0.3) is 0 Å². The van der Waals surface area contributed by atoms with Crippen LogP contribution in [0.15, 0.2) is 0 Å². The van der Waals surface area contributed by atoms with Gasteiger partial charge in [-0.15, -0.1) is 0 Å². The summed E-state index contributed by atoms with van der Waals surface area (Å²) in [5, 5.41) is 11.9. The summed E-state index contributed by atoms with van der Waals surface area (Å²) in [5.41, 5.74) is -0.916. The topological polar surface area (TPSA) is 86.7 Å². The zero-order valence-electron chi connectivity index (χ0n) is 11.7. The molecule has 0 unspecified atom stereocenters. The van der Waals surface area contributed by atoms with Crippen molar-refractivity contribution in [2.75, 3.05) is 19.6 Å². The van der Waals surface area contributed by atoms with Gasteiger partial charge in [0.15, 0.2) is 0 Å². The summed E-state index contributed by atoms with van der Waals surface area (Å²) in [5.74, 6) is -1.30. The first kappa shape index (κ1) is 14.8. The molecule has 1 heterocycles. The summed E-state index contributed by atoms with van der Waals surface area (Å²) in [4.78, 5) is 36.8. The molecule has 2 fully saturated rings. The van der Waals surface area contributed by atoms with E-state index in [1.54, 1.807) is 4.90 Å². The van der Waals surface area contributed by atoms with Gasteiger partial charge in [-0.25, -0.2) is 0 Å². The Morgan fingerprint density at radius 3 is 2.20 bits per heavy atom. The van der Waals surface area contributed by atoms with Crippen LogP contribution in [-0.2, 0) is 14.4 Å². The molecule has 6 heteroatoms. The van der Waals surface area contributed by atoms with Gasteiger partial charge in [0.2, 0.25) is 11.8 Å². The van der Waals surface area contributed by atoms with E-state index in [-0.39, 0.29) is 24.8 Å². The number of likely N-dealkylation sites (tertiary alicyclic amines) is 1. The Morgan fingerprint density at radius 1 is 1.05 bits per heavy atom. The Morgan fingerprint density at radius 2 is 1.65 bits per heavy atom. The van der Waals surface area contributed by atoms with E-state index in [0.717, 1.165) is 38.8 Å². The molecule has 2 rings (SSSR count). The van der Waals surface area contributed by atoms with Crippen LogP contribution in [0.1, 0.15) is 44.9 Å². The van der Waals surface area contributed by atoms with Gasteiger partial charge >= 0.3 is 5.97 Å². The van der Waals surface area contributed by atoms with Gasteiger partial charge in [0.1, 0.15) is 0 Å².